The minimum atomic E-state index is -0.340. The molecule has 0 aliphatic heterocycles. The van der Waals surface area contributed by atoms with Crippen LogP contribution in [0.15, 0.2) is 59.2 Å². The fourth-order valence-corrected chi connectivity index (χ4v) is 2.22. The van der Waals surface area contributed by atoms with Crippen LogP contribution in [0.5, 0.6) is 0 Å². The third-order valence-electron chi connectivity index (χ3n) is 3.36. The zero-order chi connectivity index (χ0) is 18.4. The molecule has 2 amide bonds. The summed E-state index contributed by atoms with van der Waals surface area (Å²) in [5.41, 5.74) is 1.61. The molecule has 1 aromatic carbocycles. The maximum absolute atomic E-state index is 12.0. The standard InChI is InChI=1S/C18H17N5O3/c1-12(24)20-13-4-2-5-14(10-13)21-17-8-7-16(22-23-17)18(25)19-11-15-6-3-9-26-15/h2-10H,11H2,1H3,(H,19,25)(H,20,24)(H,21,23). The number of benzene rings is 1. The van der Waals surface area contributed by atoms with Gasteiger partial charge in [-0.3, -0.25) is 9.59 Å². The summed E-state index contributed by atoms with van der Waals surface area (Å²) in [6.45, 7) is 1.73. The van der Waals surface area contributed by atoms with Crippen LogP contribution in [-0.4, -0.2) is 22.0 Å². The molecular formula is C18H17N5O3. The average Bonchev–Trinajstić information content (AvgIpc) is 3.14. The van der Waals surface area contributed by atoms with Crippen molar-refractivity contribution in [2.45, 2.75) is 13.5 Å². The maximum Gasteiger partial charge on any atom is 0.272 e. The zero-order valence-electron chi connectivity index (χ0n) is 14.0. The molecule has 132 valence electrons. The molecule has 0 saturated heterocycles. The van der Waals surface area contributed by atoms with Gasteiger partial charge in [-0.2, -0.15) is 0 Å². The predicted octanol–water partition coefficient (Wildman–Crippen LogP) is 2.70. The van der Waals surface area contributed by atoms with Crippen LogP contribution in [0, 0.1) is 0 Å². The Labute approximate surface area is 149 Å². The van der Waals surface area contributed by atoms with Gasteiger partial charge in [0, 0.05) is 18.3 Å². The van der Waals surface area contributed by atoms with Crippen molar-refractivity contribution >= 4 is 29.0 Å². The first-order valence-electron chi connectivity index (χ1n) is 7.89. The van der Waals surface area contributed by atoms with Gasteiger partial charge in [-0.1, -0.05) is 6.07 Å². The average molecular weight is 351 g/mol. The maximum atomic E-state index is 12.0. The van der Waals surface area contributed by atoms with E-state index >= 15 is 0 Å². The summed E-state index contributed by atoms with van der Waals surface area (Å²) in [5.74, 6) is 0.649. The Morgan fingerprint density at radius 3 is 2.58 bits per heavy atom. The summed E-state index contributed by atoms with van der Waals surface area (Å²) in [7, 11) is 0. The van der Waals surface area contributed by atoms with Gasteiger partial charge >= 0.3 is 0 Å². The summed E-state index contributed by atoms with van der Waals surface area (Å²) in [5, 5.41) is 16.4. The Kier molecular flexibility index (Phi) is 5.23. The Bertz CT molecular complexity index is 891. The quantitative estimate of drug-likeness (QED) is 0.630. The van der Waals surface area contributed by atoms with E-state index in [1.54, 1.807) is 48.7 Å². The molecule has 0 unspecified atom stereocenters. The third kappa shape index (κ3) is 4.67. The van der Waals surface area contributed by atoms with E-state index in [1.165, 1.54) is 6.92 Å². The van der Waals surface area contributed by atoms with Gasteiger partial charge in [0.2, 0.25) is 5.91 Å². The molecule has 8 heteroatoms. The lowest BCUT2D eigenvalue weighted by atomic mass is 10.2. The van der Waals surface area contributed by atoms with Crippen molar-refractivity contribution < 1.29 is 14.0 Å². The van der Waals surface area contributed by atoms with Gasteiger partial charge in [0.05, 0.1) is 12.8 Å². The summed E-state index contributed by atoms with van der Waals surface area (Å²) >= 11 is 0. The first kappa shape index (κ1) is 17.2. The Balaban J connectivity index is 1.60. The molecule has 3 rings (SSSR count). The third-order valence-corrected chi connectivity index (χ3v) is 3.36. The lowest BCUT2D eigenvalue weighted by Gasteiger charge is -2.08. The van der Waals surface area contributed by atoms with Gasteiger partial charge in [0.25, 0.3) is 5.91 Å². The number of hydrogen-bond donors (Lipinski definition) is 3. The number of furan rings is 1. The molecule has 3 N–H and O–H groups in total. The van der Waals surface area contributed by atoms with Crippen molar-refractivity contribution in [3.05, 3.63) is 66.2 Å². The number of nitrogens with zero attached hydrogens (tertiary/aromatic N) is 2. The van der Waals surface area contributed by atoms with Crippen molar-refractivity contribution in [2.75, 3.05) is 10.6 Å². The van der Waals surface area contributed by atoms with Crippen LogP contribution in [0.3, 0.4) is 0 Å². The number of hydrogen-bond acceptors (Lipinski definition) is 6. The highest BCUT2D eigenvalue weighted by molar-refractivity contribution is 5.92. The molecule has 2 aromatic heterocycles. The number of carbonyl (C=O) groups excluding carboxylic acids is 2. The van der Waals surface area contributed by atoms with E-state index in [2.05, 4.69) is 26.1 Å². The molecule has 0 fully saturated rings. The first-order valence-corrected chi connectivity index (χ1v) is 7.89. The van der Waals surface area contributed by atoms with Crippen LogP contribution in [0.4, 0.5) is 17.2 Å². The molecule has 0 radical (unpaired) electrons. The summed E-state index contributed by atoms with van der Waals surface area (Å²) in [4.78, 5) is 23.2. The molecule has 3 aromatic rings. The largest absolute Gasteiger partial charge is 0.467 e. The summed E-state index contributed by atoms with van der Waals surface area (Å²) < 4.78 is 5.15. The normalized spacial score (nSPS) is 10.2. The van der Waals surface area contributed by atoms with E-state index in [0.717, 1.165) is 5.69 Å². The van der Waals surface area contributed by atoms with Gasteiger partial charge in [-0.15, -0.1) is 10.2 Å². The monoisotopic (exact) mass is 351 g/mol. The molecule has 0 aliphatic rings. The number of nitrogens with one attached hydrogen (secondary N) is 3. The van der Waals surface area contributed by atoms with Crippen LogP contribution in [0.2, 0.25) is 0 Å². The van der Waals surface area contributed by atoms with Crippen molar-refractivity contribution in [3.63, 3.8) is 0 Å². The van der Waals surface area contributed by atoms with Gasteiger partial charge in [-0.05, 0) is 42.5 Å². The van der Waals surface area contributed by atoms with Crippen LogP contribution in [0.25, 0.3) is 0 Å². The highest BCUT2D eigenvalue weighted by Crippen LogP contribution is 2.18. The smallest absolute Gasteiger partial charge is 0.272 e. The molecule has 0 aliphatic carbocycles. The topological polar surface area (TPSA) is 109 Å². The SMILES string of the molecule is CC(=O)Nc1cccc(Nc2ccc(C(=O)NCc3ccco3)nn2)c1. The molecule has 0 bridgehead atoms. The van der Waals surface area contributed by atoms with Crippen LogP contribution in [0.1, 0.15) is 23.2 Å². The summed E-state index contributed by atoms with van der Waals surface area (Å²) in [6.07, 6.45) is 1.54. The highest BCUT2D eigenvalue weighted by atomic mass is 16.3. The molecule has 8 nitrogen and oxygen atoms in total. The zero-order valence-corrected chi connectivity index (χ0v) is 14.0. The van der Waals surface area contributed by atoms with E-state index in [4.69, 9.17) is 4.42 Å². The van der Waals surface area contributed by atoms with Gasteiger partial charge < -0.3 is 20.4 Å². The van der Waals surface area contributed by atoms with Crippen molar-refractivity contribution in [1.82, 2.24) is 15.5 Å². The van der Waals surface area contributed by atoms with E-state index in [9.17, 15) is 9.59 Å². The number of amides is 2. The molecule has 0 saturated carbocycles. The van der Waals surface area contributed by atoms with Crippen molar-refractivity contribution in [2.24, 2.45) is 0 Å². The second-order valence-corrected chi connectivity index (χ2v) is 5.45. The lowest BCUT2D eigenvalue weighted by molar-refractivity contribution is -0.114. The summed E-state index contributed by atoms with van der Waals surface area (Å²) in [6, 6.07) is 13.9. The fourth-order valence-electron chi connectivity index (χ4n) is 2.22. The van der Waals surface area contributed by atoms with Crippen molar-refractivity contribution in [3.8, 4) is 0 Å². The molecule has 26 heavy (non-hydrogen) atoms. The number of aromatic nitrogens is 2. The Hall–Kier alpha value is -3.68. The van der Waals surface area contributed by atoms with E-state index < -0.39 is 0 Å². The number of carbonyl (C=O) groups is 2. The predicted molar refractivity (Wildman–Crippen MR) is 95.9 cm³/mol. The van der Waals surface area contributed by atoms with E-state index in [0.29, 0.717) is 17.3 Å². The lowest BCUT2D eigenvalue weighted by Crippen LogP contribution is -2.23. The van der Waals surface area contributed by atoms with Crippen molar-refractivity contribution in [1.29, 1.82) is 0 Å². The van der Waals surface area contributed by atoms with Crippen LogP contribution < -0.4 is 16.0 Å². The second-order valence-electron chi connectivity index (χ2n) is 5.45. The Morgan fingerprint density at radius 1 is 1.04 bits per heavy atom. The van der Waals surface area contributed by atoms with Crippen LogP contribution >= 0.6 is 0 Å². The Morgan fingerprint density at radius 2 is 1.88 bits per heavy atom. The second kappa shape index (κ2) is 7.93. The van der Waals surface area contributed by atoms with Gasteiger partial charge in [0.1, 0.15) is 5.76 Å². The molecular weight excluding hydrogens is 334 g/mol. The number of anilines is 3. The first-order chi connectivity index (χ1) is 12.6. The molecule has 0 atom stereocenters. The van der Waals surface area contributed by atoms with Gasteiger partial charge in [0.15, 0.2) is 11.5 Å². The molecule has 2 heterocycles. The minimum Gasteiger partial charge on any atom is -0.467 e. The minimum absolute atomic E-state index is 0.146. The van der Waals surface area contributed by atoms with E-state index in [1.807, 2.05) is 6.07 Å². The highest BCUT2D eigenvalue weighted by Gasteiger charge is 2.09. The van der Waals surface area contributed by atoms with Gasteiger partial charge in [-0.25, -0.2) is 0 Å². The van der Waals surface area contributed by atoms with Crippen LogP contribution in [-0.2, 0) is 11.3 Å². The fraction of sp³-hybridized carbons (Fsp3) is 0.111. The molecule has 0 spiro atoms. The number of rotatable bonds is 6. The van der Waals surface area contributed by atoms with E-state index in [-0.39, 0.29) is 24.1 Å².